The van der Waals surface area contributed by atoms with Crippen LogP contribution in [0.4, 0.5) is 11.4 Å². The lowest BCUT2D eigenvalue weighted by Gasteiger charge is -2.20. The SMILES string of the molecule is CC(C)c1cccc(C(C)C)c1NC(=O)c1cccc(NC(=O)CCn2ccnc2)c1. The number of hydrogen-bond donors (Lipinski definition) is 2. The van der Waals surface area contributed by atoms with Crippen molar-refractivity contribution < 1.29 is 9.59 Å². The predicted molar refractivity (Wildman–Crippen MR) is 124 cm³/mol. The number of carbonyl (C=O) groups is 2. The third-order valence-corrected chi connectivity index (χ3v) is 5.18. The van der Waals surface area contributed by atoms with Crippen LogP contribution in [0.3, 0.4) is 0 Å². The highest BCUT2D eigenvalue weighted by molar-refractivity contribution is 6.06. The second-order valence-corrected chi connectivity index (χ2v) is 8.25. The Bertz CT molecular complexity index is 1010. The van der Waals surface area contributed by atoms with Crippen LogP contribution in [0.5, 0.6) is 0 Å². The summed E-state index contributed by atoms with van der Waals surface area (Å²) in [6.45, 7) is 9.03. The first-order chi connectivity index (χ1) is 14.8. The molecule has 0 fully saturated rings. The number of benzene rings is 2. The number of amides is 2. The van der Waals surface area contributed by atoms with Gasteiger partial charge in [-0.05, 0) is 41.2 Å². The summed E-state index contributed by atoms with van der Waals surface area (Å²) in [7, 11) is 0. The van der Waals surface area contributed by atoms with E-state index in [0.717, 1.165) is 16.8 Å². The fraction of sp³-hybridized carbons (Fsp3) is 0.320. The van der Waals surface area contributed by atoms with Crippen LogP contribution < -0.4 is 10.6 Å². The van der Waals surface area contributed by atoms with E-state index < -0.39 is 0 Å². The quantitative estimate of drug-likeness (QED) is 0.513. The summed E-state index contributed by atoms with van der Waals surface area (Å²) in [6, 6.07) is 13.2. The molecule has 0 saturated carbocycles. The number of aromatic nitrogens is 2. The Hall–Kier alpha value is -3.41. The van der Waals surface area contributed by atoms with Crippen LogP contribution in [0.15, 0.2) is 61.2 Å². The molecular weight excluding hydrogens is 388 g/mol. The second kappa shape index (κ2) is 10.1. The van der Waals surface area contributed by atoms with Gasteiger partial charge in [-0.1, -0.05) is 52.0 Å². The third-order valence-electron chi connectivity index (χ3n) is 5.18. The van der Waals surface area contributed by atoms with Crippen LogP contribution in [-0.2, 0) is 11.3 Å². The molecule has 31 heavy (non-hydrogen) atoms. The van der Waals surface area contributed by atoms with Gasteiger partial charge in [-0.25, -0.2) is 4.98 Å². The molecule has 2 aromatic carbocycles. The summed E-state index contributed by atoms with van der Waals surface area (Å²) >= 11 is 0. The zero-order valence-corrected chi connectivity index (χ0v) is 18.6. The van der Waals surface area contributed by atoms with E-state index in [0.29, 0.717) is 24.2 Å². The van der Waals surface area contributed by atoms with E-state index in [9.17, 15) is 9.59 Å². The lowest BCUT2D eigenvalue weighted by molar-refractivity contribution is -0.116. The highest BCUT2D eigenvalue weighted by Gasteiger charge is 2.17. The normalized spacial score (nSPS) is 11.0. The van der Waals surface area contributed by atoms with Crippen molar-refractivity contribution >= 4 is 23.2 Å². The molecule has 0 aliphatic rings. The summed E-state index contributed by atoms with van der Waals surface area (Å²) in [5.74, 6) is 0.272. The van der Waals surface area contributed by atoms with E-state index in [4.69, 9.17) is 0 Å². The van der Waals surface area contributed by atoms with Crippen molar-refractivity contribution in [1.82, 2.24) is 9.55 Å². The molecule has 1 heterocycles. The van der Waals surface area contributed by atoms with Crippen LogP contribution in [0.25, 0.3) is 0 Å². The molecule has 0 unspecified atom stereocenters. The molecule has 0 bridgehead atoms. The van der Waals surface area contributed by atoms with Gasteiger partial charge < -0.3 is 15.2 Å². The maximum atomic E-state index is 13.0. The standard InChI is InChI=1S/C25H30N4O2/c1-17(2)21-9-6-10-22(18(3)4)24(21)28-25(31)19-7-5-8-20(15-19)27-23(30)11-13-29-14-12-26-16-29/h5-10,12,14-18H,11,13H2,1-4H3,(H,27,30)(H,28,31). The molecule has 2 N–H and O–H groups in total. The first kappa shape index (κ1) is 22.3. The average molecular weight is 419 g/mol. The summed E-state index contributed by atoms with van der Waals surface area (Å²) < 4.78 is 1.85. The predicted octanol–water partition coefficient (Wildman–Crippen LogP) is 5.41. The first-order valence-electron chi connectivity index (χ1n) is 10.6. The zero-order valence-electron chi connectivity index (χ0n) is 18.6. The minimum Gasteiger partial charge on any atom is -0.337 e. The van der Waals surface area contributed by atoms with Crippen molar-refractivity contribution in [3.05, 3.63) is 77.9 Å². The number of hydrogen-bond acceptors (Lipinski definition) is 3. The van der Waals surface area contributed by atoms with Crippen molar-refractivity contribution in [2.75, 3.05) is 10.6 Å². The molecular formula is C25H30N4O2. The fourth-order valence-electron chi connectivity index (χ4n) is 3.49. The van der Waals surface area contributed by atoms with Crippen LogP contribution in [-0.4, -0.2) is 21.4 Å². The molecule has 6 nitrogen and oxygen atoms in total. The highest BCUT2D eigenvalue weighted by Crippen LogP contribution is 2.32. The Labute approximate surface area is 183 Å². The zero-order chi connectivity index (χ0) is 22.4. The number of aryl methyl sites for hydroxylation is 1. The number of carbonyl (C=O) groups excluding carboxylic acids is 2. The number of anilines is 2. The van der Waals surface area contributed by atoms with Gasteiger partial charge in [0.2, 0.25) is 5.91 Å². The first-order valence-corrected chi connectivity index (χ1v) is 10.6. The Morgan fingerprint density at radius 2 is 1.65 bits per heavy atom. The van der Waals surface area contributed by atoms with Gasteiger partial charge in [0.1, 0.15) is 0 Å². The van der Waals surface area contributed by atoms with E-state index in [1.165, 1.54) is 0 Å². The van der Waals surface area contributed by atoms with Gasteiger partial charge in [-0.3, -0.25) is 9.59 Å². The minimum absolute atomic E-state index is 0.112. The van der Waals surface area contributed by atoms with Gasteiger partial charge in [0.25, 0.3) is 5.91 Å². The lowest BCUT2D eigenvalue weighted by Crippen LogP contribution is -2.17. The van der Waals surface area contributed by atoms with E-state index in [-0.39, 0.29) is 23.7 Å². The average Bonchev–Trinajstić information content (AvgIpc) is 3.26. The lowest BCUT2D eigenvalue weighted by atomic mass is 9.92. The van der Waals surface area contributed by atoms with Crippen LogP contribution >= 0.6 is 0 Å². The smallest absolute Gasteiger partial charge is 0.255 e. The molecule has 6 heteroatoms. The summed E-state index contributed by atoms with van der Waals surface area (Å²) in [4.78, 5) is 29.3. The molecule has 0 radical (unpaired) electrons. The van der Waals surface area contributed by atoms with E-state index in [1.54, 1.807) is 36.8 Å². The molecule has 3 rings (SSSR count). The van der Waals surface area contributed by atoms with Crippen LogP contribution in [0.1, 0.15) is 67.4 Å². The van der Waals surface area contributed by atoms with Gasteiger partial charge in [-0.15, -0.1) is 0 Å². The van der Waals surface area contributed by atoms with Gasteiger partial charge in [0.15, 0.2) is 0 Å². The Morgan fingerprint density at radius 1 is 0.968 bits per heavy atom. The monoisotopic (exact) mass is 418 g/mol. The van der Waals surface area contributed by atoms with Gasteiger partial charge in [0.05, 0.1) is 6.33 Å². The summed E-state index contributed by atoms with van der Waals surface area (Å²) in [6.07, 6.45) is 5.51. The topological polar surface area (TPSA) is 76.0 Å². The van der Waals surface area contributed by atoms with Crippen molar-refractivity contribution in [2.24, 2.45) is 0 Å². The Kier molecular flexibility index (Phi) is 7.23. The molecule has 3 aromatic rings. The molecule has 0 aliphatic heterocycles. The number of para-hydroxylation sites is 1. The molecule has 1 aromatic heterocycles. The third kappa shape index (κ3) is 5.81. The van der Waals surface area contributed by atoms with Gasteiger partial charge >= 0.3 is 0 Å². The van der Waals surface area contributed by atoms with Crippen LogP contribution in [0.2, 0.25) is 0 Å². The summed E-state index contributed by atoms with van der Waals surface area (Å²) in [5, 5.41) is 5.99. The van der Waals surface area contributed by atoms with E-state index in [2.05, 4.69) is 55.4 Å². The summed E-state index contributed by atoms with van der Waals surface area (Å²) in [5.41, 5.74) is 4.21. The maximum absolute atomic E-state index is 13.0. The molecule has 0 aliphatic carbocycles. The minimum atomic E-state index is -0.190. The number of nitrogens with zero attached hydrogens (tertiary/aromatic N) is 2. The van der Waals surface area contributed by atoms with E-state index in [1.807, 2.05) is 16.8 Å². The fourth-order valence-corrected chi connectivity index (χ4v) is 3.49. The number of rotatable bonds is 8. The highest BCUT2D eigenvalue weighted by atomic mass is 16.2. The maximum Gasteiger partial charge on any atom is 0.255 e. The molecule has 2 amide bonds. The molecule has 0 atom stereocenters. The van der Waals surface area contributed by atoms with E-state index >= 15 is 0 Å². The van der Waals surface area contributed by atoms with Crippen molar-refractivity contribution in [3.8, 4) is 0 Å². The largest absolute Gasteiger partial charge is 0.337 e. The Balaban J connectivity index is 1.73. The molecule has 0 saturated heterocycles. The van der Waals surface area contributed by atoms with Crippen molar-refractivity contribution in [2.45, 2.75) is 52.5 Å². The molecule has 162 valence electrons. The van der Waals surface area contributed by atoms with Gasteiger partial charge in [0, 0.05) is 42.3 Å². The Morgan fingerprint density at radius 3 is 2.26 bits per heavy atom. The number of nitrogens with one attached hydrogen (secondary N) is 2. The van der Waals surface area contributed by atoms with Gasteiger partial charge in [-0.2, -0.15) is 0 Å². The van der Waals surface area contributed by atoms with Crippen LogP contribution in [0, 0.1) is 0 Å². The van der Waals surface area contributed by atoms with Crippen molar-refractivity contribution in [1.29, 1.82) is 0 Å². The number of imidazole rings is 1. The van der Waals surface area contributed by atoms with Crippen molar-refractivity contribution in [3.63, 3.8) is 0 Å². The molecule has 0 spiro atoms. The second-order valence-electron chi connectivity index (χ2n) is 8.25.